The number of thioether (sulfide) groups is 1. The van der Waals surface area contributed by atoms with Gasteiger partial charge < -0.3 is 5.73 Å². The molecule has 0 rings (SSSR count). The molecule has 0 amide bonds. The van der Waals surface area contributed by atoms with Gasteiger partial charge in [-0.2, -0.15) is 11.8 Å². The van der Waals surface area contributed by atoms with Crippen molar-refractivity contribution in [3.63, 3.8) is 0 Å². The average molecular weight is 152 g/mol. The fraction of sp³-hybridized carbons (Fsp3) is 0.600. The van der Waals surface area contributed by atoms with Crippen LogP contribution in [-0.2, 0) is 0 Å². The van der Waals surface area contributed by atoms with Crippen molar-refractivity contribution in [1.82, 2.24) is 0 Å². The highest BCUT2D eigenvalue weighted by Gasteiger charge is 1.78. The highest BCUT2D eigenvalue weighted by molar-refractivity contribution is 7.99. The van der Waals surface area contributed by atoms with Crippen LogP contribution in [0, 0.1) is 0 Å². The zero-order chi connectivity index (χ0) is 6.24. The van der Waals surface area contributed by atoms with Crippen LogP contribution in [0.2, 0.25) is 0 Å². The maximum absolute atomic E-state index is 5.26. The van der Waals surface area contributed by atoms with Crippen LogP contribution in [0.25, 0.3) is 0 Å². The predicted octanol–water partition coefficient (Wildman–Crippen LogP) is 1.43. The summed E-state index contributed by atoms with van der Waals surface area (Å²) < 4.78 is 0. The molecule has 0 aromatic heterocycles. The minimum atomic E-state index is 0.751. The van der Waals surface area contributed by atoms with Crippen LogP contribution in [0.5, 0.6) is 0 Å². The number of hydrogen-bond donors (Lipinski definition) is 1. The topological polar surface area (TPSA) is 26.0 Å². The zero-order valence-corrected chi connectivity index (χ0v) is 6.21. The van der Waals surface area contributed by atoms with Crippen molar-refractivity contribution in [2.45, 2.75) is 0 Å². The normalized spacial score (nSPS) is 10.8. The lowest BCUT2D eigenvalue weighted by molar-refractivity contribution is 1.15. The summed E-state index contributed by atoms with van der Waals surface area (Å²) >= 11 is 7.04. The number of halogens is 1. The maximum atomic E-state index is 5.26. The second kappa shape index (κ2) is 7.34. The van der Waals surface area contributed by atoms with E-state index >= 15 is 0 Å². The van der Waals surface area contributed by atoms with Crippen molar-refractivity contribution in [2.24, 2.45) is 5.73 Å². The molecule has 0 radical (unpaired) electrons. The third-order valence-electron chi connectivity index (χ3n) is 0.565. The number of rotatable bonds is 4. The molecule has 0 atom stereocenters. The molecule has 2 N–H and O–H groups in total. The van der Waals surface area contributed by atoms with Gasteiger partial charge in [0.25, 0.3) is 0 Å². The quantitative estimate of drug-likeness (QED) is 0.616. The Labute approximate surface area is 59.3 Å². The molecule has 0 unspecified atom stereocenters. The van der Waals surface area contributed by atoms with Crippen molar-refractivity contribution in [2.75, 3.05) is 18.1 Å². The molecule has 0 spiro atoms. The van der Waals surface area contributed by atoms with Crippen LogP contribution in [0.1, 0.15) is 0 Å². The van der Waals surface area contributed by atoms with Gasteiger partial charge in [0.15, 0.2) is 0 Å². The van der Waals surface area contributed by atoms with E-state index in [0.29, 0.717) is 0 Å². The van der Waals surface area contributed by atoms with E-state index in [2.05, 4.69) is 0 Å². The lowest BCUT2D eigenvalue weighted by Crippen LogP contribution is -2.01. The van der Waals surface area contributed by atoms with E-state index in [4.69, 9.17) is 17.3 Å². The van der Waals surface area contributed by atoms with Crippen molar-refractivity contribution < 1.29 is 0 Å². The molecule has 0 aliphatic carbocycles. The van der Waals surface area contributed by atoms with Gasteiger partial charge >= 0.3 is 0 Å². The molecule has 0 aliphatic rings. The molecule has 0 aliphatic heterocycles. The van der Waals surface area contributed by atoms with E-state index in [9.17, 15) is 0 Å². The summed E-state index contributed by atoms with van der Waals surface area (Å²) in [5.74, 6) is 1.99. The van der Waals surface area contributed by atoms with Crippen LogP contribution >= 0.6 is 23.4 Å². The number of nitrogens with two attached hydrogens (primary N) is 1. The van der Waals surface area contributed by atoms with Crippen LogP contribution in [0.4, 0.5) is 0 Å². The lowest BCUT2D eigenvalue weighted by atomic mass is 10.8. The van der Waals surface area contributed by atoms with Crippen molar-refractivity contribution >= 4 is 23.4 Å². The monoisotopic (exact) mass is 151 g/mol. The van der Waals surface area contributed by atoms with Crippen LogP contribution in [0.15, 0.2) is 11.6 Å². The summed E-state index contributed by atoms with van der Waals surface area (Å²) in [5.41, 5.74) is 6.76. The summed E-state index contributed by atoms with van der Waals surface area (Å²) in [6, 6.07) is 0. The molecule has 0 saturated heterocycles. The first kappa shape index (κ1) is 8.34. The fourth-order valence-electron chi connectivity index (χ4n) is 0.271. The predicted molar refractivity (Wildman–Crippen MR) is 41.4 cm³/mol. The molecule has 3 heteroatoms. The van der Waals surface area contributed by atoms with Crippen LogP contribution < -0.4 is 5.73 Å². The van der Waals surface area contributed by atoms with Gasteiger partial charge in [0.05, 0.1) is 0 Å². The van der Waals surface area contributed by atoms with Crippen molar-refractivity contribution in [3.05, 3.63) is 11.6 Å². The van der Waals surface area contributed by atoms with Gasteiger partial charge in [-0.3, -0.25) is 0 Å². The zero-order valence-electron chi connectivity index (χ0n) is 4.64. The molecule has 1 nitrogen and oxygen atoms in total. The Morgan fingerprint density at radius 2 is 2.38 bits per heavy atom. The SMILES string of the molecule is NCCSC/C=C\Cl. The van der Waals surface area contributed by atoms with E-state index in [-0.39, 0.29) is 0 Å². The second-order valence-electron chi connectivity index (χ2n) is 1.23. The molecule has 0 saturated carbocycles. The van der Waals surface area contributed by atoms with Crippen molar-refractivity contribution in [1.29, 1.82) is 0 Å². The summed E-state index contributed by atoms with van der Waals surface area (Å²) in [6.07, 6.45) is 1.90. The largest absolute Gasteiger partial charge is 0.330 e. The van der Waals surface area contributed by atoms with Gasteiger partial charge in [0.1, 0.15) is 0 Å². The highest BCUT2D eigenvalue weighted by Crippen LogP contribution is 1.97. The summed E-state index contributed by atoms with van der Waals surface area (Å²) in [7, 11) is 0. The summed E-state index contributed by atoms with van der Waals surface area (Å²) in [4.78, 5) is 0. The van der Waals surface area contributed by atoms with E-state index in [1.807, 2.05) is 6.08 Å². The minimum absolute atomic E-state index is 0.751. The molecule has 0 bridgehead atoms. The first-order valence-corrected chi connectivity index (χ1v) is 4.04. The van der Waals surface area contributed by atoms with Gasteiger partial charge in [-0.1, -0.05) is 17.7 Å². The summed E-state index contributed by atoms with van der Waals surface area (Å²) in [6.45, 7) is 0.751. The van der Waals surface area contributed by atoms with Crippen molar-refractivity contribution in [3.8, 4) is 0 Å². The Hall–Kier alpha value is 0.340. The summed E-state index contributed by atoms with van der Waals surface area (Å²) in [5, 5.41) is 0. The Kier molecular flexibility index (Phi) is 7.65. The molecule has 48 valence electrons. The van der Waals surface area contributed by atoms with Gasteiger partial charge in [-0.15, -0.1) is 0 Å². The lowest BCUT2D eigenvalue weighted by Gasteiger charge is -1.89. The van der Waals surface area contributed by atoms with Gasteiger partial charge in [-0.25, -0.2) is 0 Å². The van der Waals surface area contributed by atoms with E-state index in [0.717, 1.165) is 18.1 Å². The highest BCUT2D eigenvalue weighted by atomic mass is 35.5. The minimum Gasteiger partial charge on any atom is -0.330 e. The molecule has 0 heterocycles. The Bertz CT molecular complexity index is 65.4. The van der Waals surface area contributed by atoms with Crippen LogP contribution in [-0.4, -0.2) is 18.1 Å². The molecular formula is C5H10ClNS. The van der Waals surface area contributed by atoms with Gasteiger partial charge in [0.2, 0.25) is 0 Å². The second-order valence-corrected chi connectivity index (χ2v) is 2.63. The number of hydrogen-bond acceptors (Lipinski definition) is 2. The third-order valence-corrected chi connectivity index (χ3v) is 1.70. The standard InChI is InChI=1S/C5H10ClNS/c6-2-1-4-8-5-3-7/h1-2H,3-5,7H2/b2-1-. The van der Waals surface area contributed by atoms with E-state index in [1.165, 1.54) is 5.54 Å². The van der Waals surface area contributed by atoms with Gasteiger partial charge in [0, 0.05) is 23.6 Å². The first-order valence-electron chi connectivity index (χ1n) is 2.45. The molecule has 0 aromatic rings. The first-order chi connectivity index (χ1) is 3.91. The smallest absolute Gasteiger partial charge is 0.0125 e. The molecule has 0 aromatic carbocycles. The molecule has 0 fully saturated rings. The molecule has 8 heavy (non-hydrogen) atoms. The molecular weight excluding hydrogens is 142 g/mol. The van der Waals surface area contributed by atoms with Gasteiger partial charge in [-0.05, 0) is 0 Å². The Balaban J connectivity index is 2.72. The fourth-order valence-corrected chi connectivity index (χ4v) is 1.03. The Morgan fingerprint density at radius 1 is 1.62 bits per heavy atom. The van der Waals surface area contributed by atoms with E-state index < -0.39 is 0 Å². The Morgan fingerprint density at radius 3 is 2.88 bits per heavy atom. The van der Waals surface area contributed by atoms with Crippen LogP contribution in [0.3, 0.4) is 0 Å². The average Bonchev–Trinajstić information content (AvgIpc) is 1.81. The van der Waals surface area contributed by atoms with E-state index in [1.54, 1.807) is 11.8 Å². The third kappa shape index (κ3) is 6.34. The maximum Gasteiger partial charge on any atom is 0.0125 e.